The zero-order valence-corrected chi connectivity index (χ0v) is 12.5. The van der Waals surface area contributed by atoms with Gasteiger partial charge in [0.1, 0.15) is 5.60 Å². The van der Waals surface area contributed by atoms with Crippen molar-refractivity contribution in [3.8, 4) is 0 Å². The number of benzene rings is 1. The van der Waals surface area contributed by atoms with Gasteiger partial charge in [-0.3, -0.25) is 4.79 Å². The predicted octanol–water partition coefficient (Wildman–Crippen LogP) is 2.98. The lowest BCUT2D eigenvalue weighted by Gasteiger charge is -2.30. The monoisotopic (exact) mass is 275 g/mol. The topological polar surface area (TPSA) is 49.3 Å². The van der Waals surface area contributed by atoms with E-state index in [1.807, 2.05) is 30.3 Å². The van der Waals surface area contributed by atoms with Crippen LogP contribution in [-0.2, 0) is 10.4 Å². The van der Waals surface area contributed by atoms with Crippen LogP contribution in [0.5, 0.6) is 0 Å². The van der Waals surface area contributed by atoms with Gasteiger partial charge in [-0.25, -0.2) is 0 Å². The van der Waals surface area contributed by atoms with Crippen molar-refractivity contribution >= 4 is 5.91 Å². The molecule has 1 aromatic carbocycles. The lowest BCUT2D eigenvalue weighted by atomic mass is 9.82. The largest absolute Gasteiger partial charge is 0.384 e. The Balaban J connectivity index is 1.99. The van der Waals surface area contributed by atoms with E-state index in [4.69, 9.17) is 0 Å². The number of nitrogens with one attached hydrogen (secondary N) is 1. The van der Waals surface area contributed by atoms with E-state index in [1.165, 1.54) is 0 Å². The quantitative estimate of drug-likeness (QED) is 0.868. The van der Waals surface area contributed by atoms with Crippen LogP contribution in [0.3, 0.4) is 0 Å². The van der Waals surface area contributed by atoms with Crippen molar-refractivity contribution in [3.63, 3.8) is 0 Å². The van der Waals surface area contributed by atoms with E-state index in [-0.39, 0.29) is 17.9 Å². The maximum absolute atomic E-state index is 12.5. The summed E-state index contributed by atoms with van der Waals surface area (Å²) >= 11 is 0. The molecule has 3 nitrogen and oxygen atoms in total. The summed E-state index contributed by atoms with van der Waals surface area (Å²) < 4.78 is 0. The Labute approximate surface area is 121 Å². The summed E-state index contributed by atoms with van der Waals surface area (Å²) in [5.41, 5.74) is -0.394. The molecule has 1 aliphatic carbocycles. The highest BCUT2D eigenvalue weighted by molar-refractivity contribution is 5.82. The Morgan fingerprint density at radius 2 is 1.90 bits per heavy atom. The minimum absolute atomic E-state index is 0.105. The first kappa shape index (κ1) is 15.0. The fraction of sp³-hybridized carbons (Fsp3) is 0.588. The summed E-state index contributed by atoms with van der Waals surface area (Å²) in [7, 11) is 0. The second kappa shape index (κ2) is 5.96. The van der Waals surface area contributed by atoms with Crippen molar-refractivity contribution in [3.05, 3.63) is 35.9 Å². The Morgan fingerprint density at radius 3 is 2.45 bits per heavy atom. The average Bonchev–Trinajstić information content (AvgIpc) is 2.96. The first-order chi connectivity index (χ1) is 9.50. The first-order valence-electron chi connectivity index (χ1n) is 7.56. The van der Waals surface area contributed by atoms with Crippen LogP contribution < -0.4 is 5.32 Å². The summed E-state index contributed by atoms with van der Waals surface area (Å²) in [5.74, 6) is 0.105. The van der Waals surface area contributed by atoms with Crippen LogP contribution in [0.25, 0.3) is 0 Å². The van der Waals surface area contributed by atoms with Crippen molar-refractivity contribution in [2.75, 3.05) is 6.54 Å². The Morgan fingerprint density at radius 1 is 1.30 bits per heavy atom. The van der Waals surface area contributed by atoms with Crippen LogP contribution >= 0.6 is 0 Å². The number of rotatable bonds is 5. The molecule has 0 radical (unpaired) electrons. The predicted molar refractivity (Wildman–Crippen MR) is 80.2 cm³/mol. The standard InChI is InChI=1S/C17H25NO2/c1-3-17(11-7-8-12-17)15(19)18-13-16(2,20)14-9-5-4-6-10-14/h4-6,9-10,20H,3,7-8,11-13H2,1-2H3,(H,18,19). The lowest BCUT2D eigenvalue weighted by molar-refractivity contribution is -0.132. The lowest BCUT2D eigenvalue weighted by Crippen LogP contribution is -2.45. The summed E-state index contributed by atoms with van der Waals surface area (Å²) in [5, 5.41) is 13.5. The van der Waals surface area contributed by atoms with Gasteiger partial charge in [0.25, 0.3) is 0 Å². The molecule has 1 saturated carbocycles. The fourth-order valence-electron chi connectivity index (χ4n) is 3.13. The van der Waals surface area contributed by atoms with E-state index >= 15 is 0 Å². The molecule has 2 N–H and O–H groups in total. The summed E-state index contributed by atoms with van der Waals surface area (Å²) in [6.45, 7) is 4.09. The number of amides is 1. The number of carbonyl (C=O) groups excluding carboxylic acids is 1. The number of hydrogen-bond donors (Lipinski definition) is 2. The molecule has 1 fully saturated rings. The summed E-state index contributed by atoms with van der Waals surface area (Å²) in [4.78, 5) is 12.5. The van der Waals surface area contributed by atoms with Gasteiger partial charge < -0.3 is 10.4 Å². The maximum atomic E-state index is 12.5. The van der Waals surface area contributed by atoms with Crippen molar-refractivity contribution in [1.29, 1.82) is 0 Å². The second-order valence-corrected chi connectivity index (χ2v) is 6.16. The van der Waals surface area contributed by atoms with Gasteiger partial charge in [0.05, 0.1) is 6.54 Å². The molecule has 0 aromatic heterocycles. The molecule has 20 heavy (non-hydrogen) atoms. The smallest absolute Gasteiger partial charge is 0.226 e. The molecule has 2 rings (SSSR count). The van der Waals surface area contributed by atoms with E-state index in [0.29, 0.717) is 0 Å². The minimum Gasteiger partial charge on any atom is -0.384 e. The maximum Gasteiger partial charge on any atom is 0.226 e. The van der Waals surface area contributed by atoms with Gasteiger partial charge in [0.15, 0.2) is 0 Å². The SMILES string of the molecule is CCC1(C(=O)NCC(C)(O)c2ccccc2)CCCC1. The Hall–Kier alpha value is -1.35. The van der Waals surface area contributed by atoms with Gasteiger partial charge >= 0.3 is 0 Å². The van der Waals surface area contributed by atoms with E-state index in [0.717, 1.165) is 37.7 Å². The zero-order chi connectivity index (χ0) is 14.6. The van der Waals surface area contributed by atoms with Crippen LogP contribution in [0.1, 0.15) is 51.5 Å². The third kappa shape index (κ3) is 3.04. The molecule has 1 amide bonds. The molecule has 1 aliphatic rings. The van der Waals surface area contributed by atoms with Crippen molar-refractivity contribution < 1.29 is 9.90 Å². The number of carbonyl (C=O) groups is 1. The molecule has 0 spiro atoms. The molecule has 0 bridgehead atoms. The molecular formula is C17H25NO2. The highest BCUT2D eigenvalue weighted by Gasteiger charge is 2.39. The first-order valence-corrected chi connectivity index (χ1v) is 7.56. The molecule has 1 atom stereocenters. The Bertz CT molecular complexity index is 447. The molecule has 1 aromatic rings. The van der Waals surface area contributed by atoms with Gasteiger partial charge in [-0.1, -0.05) is 50.1 Å². The second-order valence-electron chi connectivity index (χ2n) is 6.16. The van der Waals surface area contributed by atoms with Crippen LogP contribution in [0.2, 0.25) is 0 Å². The van der Waals surface area contributed by atoms with Crippen LogP contribution in [0.4, 0.5) is 0 Å². The third-order valence-corrected chi connectivity index (χ3v) is 4.71. The summed E-state index contributed by atoms with van der Waals surface area (Å²) in [6, 6.07) is 9.49. The van der Waals surface area contributed by atoms with Crippen molar-refractivity contribution in [2.24, 2.45) is 5.41 Å². The highest BCUT2D eigenvalue weighted by atomic mass is 16.3. The average molecular weight is 275 g/mol. The Kier molecular flexibility index (Phi) is 4.48. The minimum atomic E-state index is -1.02. The van der Waals surface area contributed by atoms with Crippen molar-refractivity contribution in [1.82, 2.24) is 5.32 Å². The molecule has 1 unspecified atom stereocenters. The van der Waals surface area contributed by atoms with E-state index in [2.05, 4.69) is 12.2 Å². The molecule has 110 valence electrons. The highest BCUT2D eigenvalue weighted by Crippen LogP contribution is 2.41. The normalized spacial score (nSPS) is 20.4. The molecule has 3 heteroatoms. The van der Waals surface area contributed by atoms with E-state index < -0.39 is 5.60 Å². The third-order valence-electron chi connectivity index (χ3n) is 4.71. The molecule has 0 saturated heterocycles. The zero-order valence-electron chi connectivity index (χ0n) is 12.5. The van der Waals surface area contributed by atoms with Gasteiger partial charge in [-0.05, 0) is 31.7 Å². The van der Waals surface area contributed by atoms with Gasteiger partial charge in [0.2, 0.25) is 5.91 Å². The molecule has 0 aliphatic heterocycles. The fourth-order valence-corrected chi connectivity index (χ4v) is 3.13. The molecule has 0 heterocycles. The molecular weight excluding hydrogens is 250 g/mol. The van der Waals surface area contributed by atoms with Crippen molar-refractivity contribution in [2.45, 2.75) is 51.6 Å². The van der Waals surface area contributed by atoms with Crippen LogP contribution in [0, 0.1) is 5.41 Å². The van der Waals surface area contributed by atoms with Gasteiger partial charge in [-0.15, -0.1) is 0 Å². The van der Waals surface area contributed by atoms with Crippen LogP contribution in [-0.4, -0.2) is 17.6 Å². The number of aliphatic hydroxyl groups is 1. The van der Waals surface area contributed by atoms with Gasteiger partial charge in [-0.2, -0.15) is 0 Å². The van der Waals surface area contributed by atoms with E-state index in [9.17, 15) is 9.90 Å². The number of hydrogen-bond acceptors (Lipinski definition) is 2. The van der Waals surface area contributed by atoms with Gasteiger partial charge in [0, 0.05) is 5.41 Å². The summed E-state index contributed by atoms with van der Waals surface area (Å²) in [6.07, 6.45) is 5.10. The van der Waals surface area contributed by atoms with Crippen LogP contribution in [0.15, 0.2) is 30.3 Å². The van der Waals surface area contributed by atoms with E-state index in [1.54, 1.807) is 6.92 Å².